The Kier molecular flexibility index (Phi) is 6.04. The number of thiazole rings is 1. The van der Waals surface area contributed by atoms with Crippen LogP contribution in [0, 0.1) is 0 Å². The first kappa shape index (κ1) is 18.7. The summed E-state index contributed by atoms with van der Waals surface area (Å²) in [6, 6.07) is 20.4. The van der Waals surface area contributed by atoms with E-state index in [0.29, 0.717) is 18.7 Å². The molecule has 1 N–H and O–H groups in total. The predicted molar refractivity (Wildman–Crippen MR) is 115 cm³/mol. The summed E-state index contributed by atoms with van der Waals surface area (Å²) < 4.78 is 2.07. The molecule has 1 amide bonds. The van der Waals surface area contributed by atoms with Crippen LogP contribution in [-0.2, 0) is 11.2 Å². The second-order valence-corrected chi connectivity index (χ2v) is 8.17. The number of nitrogens with one attached hydrogen (secondary N) is 1. The number of carbonyl (C=O) groups is 1. The Morgan fingerprint density at radius 3 is 2.57 bits per heavy atom. The molecule has 0 fully saturated rings. The molecule has 0 spiro atoms. The average molecular weight is 409 g/mol. The molecule has 4 aromatic rings. The molecule has 2 aromatic heterocycles. The zero-order valence-corrected chi connectivity index (χ0v) is 16.9. The van der Waals surface area contributed by atoms with Gasteiger partial charge in [-0.2, -0.15) is 0 Å². The molecule has 0 atom stereocenters. The highest BCUT2D eigenvalue weighted by Crippen LogP contribution is 2.29. The Hall–Kier alpha value is -2.64. The molecule has 0 bridgehead atoms. The van der Waals surface area contributed by atoms with Gasteiger partial charge in [0.2, 0.25) is 10.9 Å². The third kappa shape index (κ3) is 4.43. The maximum absolute atomic E-state index is 12.1. The minimum Gasteiger partial charge on any atom is -0.356 e. The van der Waals surface area contributed by atoms with Crippen molar-refractivity contribution in [3.05, 3.63) is 71.6 Å². The molecule has 28 heavy (non-hydrogen) atoms. The van der Waals surface area contributed by atoms with Crippen molar-refractivity contribution in [2.45, 2.75) is 18.0 Å². The second kappa shape index (κ2) is 9.03. The van der Waals surface area contributed by atoms with Crippen molar-refractivity contribution < 1.29 is 4.79 Å². The van der Waals surface area contributed by atoms with Gasteiger partial charge in [-0.3, -0.25) is 9.20 Å². The van der Waals surface area contributed by atoms with Gasteiger partial charge in [0.15, 0.2) is 5.16 Å². The predicted octanol–water partition coefficient (Wildman–Crippen LogP) is 4.30. The van der Waals surface area contributed by atoms with E-state index < -0.39 is 0 Å². The summed E-state index contributed by atoms with van der Waals surface area (Å²) in [6.45, 7) is 0.658. The Bertz CT molecular complexity index is 1040. The van der Waals surface area contributed by atoms with Crippen LogP contribution in [0.25, 0.3) is 16.2 Å². The summed E-state index contributed by atoms with van der Waals surface area (Å²) in [6.07, 6.45) is 1.30. The zero-order chi connectivity index (χ0) is 19.2. The van der Waals surface area contributed by atoms with Crippen LogP contribution in [0.4, 0.5) is 0 Å². The van der Waals surface area contributed by atoms with Crippen molar-refractivity contribution in [2.24, 2.45) is 0 Å². The van der Waals surface area contributed by atoms with Crippen molar-refractivity contribution in [3.63, 3.8) is 0 Å². The minimum atomic E-state index is 0.0674. The van der Waals surface area contributed by atoms with Crippen LogP contribution in [0.15, 0.2) is 71.2 Å². The molecular weight excluding hydrogens is 388 g/mol. The Balaban J connectivity index is 1.31. The van der Waals surface area contributed by atoms with Crippen LogP contribution >= 0.6 is 23.1 Å². The number of benzene rings is 2. The van der Waals surface area contributed by atoms with E-state index in [4.69, 9.17) is 0 Å². The second-order valence-electron chi connectivity index (χ2n) is 6.27. The summed E-state index contributed by atoms with van der Waals surface area (Å²) in [4.78, 5) is 13.0. The van der Waals surface area contributed by atoms with E-state index in [0.717, 1.165) is 27.8 Å². The molecular formula is C21H20N4OS2. The maximum atomic E-state index is 12.1. The fraction of sp³-hybridized carbons (Fsp3) is 0.190. The van der Waals surface area contributed by atoms with Crippen LogP contribution < -0.4 is 5.32 Å². The Morgan fingerprint density at radius 1 is 1.04 bits per heavy atom. The normalized spacial score (nSPS) is 11.0. The molecule has 7 heteroatoms. The number of hydrogen-bond donors (Lipinski definition) is 1. The maximum Gasteiger partial charge on any atom is 0.220 e. The lowest BCUT2D eigenvalue weighted by molar-refractivity contribution is -0.120. The molecule has 0 saturated heterocycles. The number of thioether (sulfide) groups is 1. The number of aromatic nitrogens is 3. The fourth-order valence-electron chi connectivity index (χ4n) is 2.91. The molecule has 142 valence electrons. The average Bonchev–Trinajstić information content (AvgIpc) is 3.32. The molecule has 0 radical (unpaired) electrons. The molecule has 0 saturated carbocycles. The van der Waals surface area contributed by atoms with E-state index in [1.807, 2.05) is 36.4 Å². The van der Waals surface area contributed by atoms with Crippen molar-refractivity contribution in [3.8, 4) is 11.3 Å². The van der Waals surface area contributed by atoms with Gasteiger partial charge in [0.25, 0.3) is 0 Å². The molecule has 5 nitrogen and oxygen atoms in total. The summed E-state index contributed by atoms with van der Waals surface area (Å²) in [5, 5.41) is 14.5. The van der Waals surface area contributed by atoms with Crippen molar-refractivity contribution in [1.29, 1.82) is 0 Å². The first-order chi connectivity index (χ1) is 13.8. The standard InChI is InChI=1S/C21H20N4OS2/c26-19(22-13-11-16-7-3-1-4-8-16)12-14-27-20-23-24-21-25(20)18(15-28-21)17-9-5-2-6-10-17/h1-10,15H,11-14H2,(H,22,26). The van der Waals surface area contributed by atoms with Gasteiger partial charge in [0, 0.05) is 24.1 Å². The summed E-state index contributed by atoms with van der Waals surface area (Å²) in [5.41, 5.74) is 3.45. The third-order valence-electron chi connectivity index (χ3n) is 4.33. The smallest absolute Gasteiger partial charge is 0.220 e. The molecule has 0 aliphatic carbocycles. The topological polar surface area (TPSA) is 59.3 Å². The van der Waals surface area contributed by atoms with Gasteiger partial charge in [-0.05, 0) is 17.5 Å². The zero-order valence-electron chi connectivity index (χ0n) is 15.2. The van der Waals surface area contributed by atoms with Crippen LogP contribution in [0.5, 0.6) is 0 Å². The summed E-state index contributed by atoms with van der Waals surface area (Å²) >= 11 is 3.14. The van der Waals surface area contributed by atoms with Gasteiger partial charge in [-0.25, -0.2) is 0 Å². The first-order valence-electron chi connectivity index (χ1n) is 9.13. The van der Waals surface area contributed by atoms with Crippen LogP contribution in [0.1, 0.15) is 12.0 Å². The van der Waals surface area contributed by atoms with E-state index >= 15 is 0 Å². The highest BCUT2D eigenvalue weighted by atomic mass is 32.2. The number of hydrogen-bond acceptors (Lipinski definition) is 5. The van der Waals surface area contributed by atoms with Gasteiger partial charge in [0.1, 0.15) is 0 Å². The molecule has 0 aliphatic heterocycles. The van der Waals surface area contributed by atoms with E-state index in [2.05, 4.69) is 49.6 Å². The van der Waals surface area contributed by atoms with E-state index in [1.165, 1.54) is 5.56 Å². The minimum absolute atomic E-state index is 0.0674. The molecule has 2 heterocycles. The lowest BCUT2D eigenvalue weighted by Gasteiger charge is -2.05. The highest BCUT2D eigenvalue weighted by molar-refractivity contribution is 7.99. The summed E-state index contributed by atoms with van der Waals surface area (Å²) in [5.74, 6) is 0.736. The summed E-state index contributed by atoms with van der Waals surface area (Å²) in [7, 11) is 0. The van der Waals surface area contributed by atoms with E-state index in [9.17, 15) is 4.79 Å². The van der Waals surface area contributed by atoms with Crippen LogP contribution in [0.2, 0.25) is 0 Å². The van der Waals surface area contributed by atoms with Crippen molar-refractivity contribution in [1.82, 2.24) is 19.9 Å². The number of carbonyl (C=O) groups excluding carboxylic acids is 1. The molecule has 4 rings (SSSR count). The van der Waals surface area contributed by atoms with E-state index in [1.54, 1.807) is 23.1 Å². The highest BCUT2D eigenvalue weighted by Gasteiger charge is 2.14. The van der Waals surface area contributed by atoms with Gasteiger partial charge in [-0.1, -0.05) is 72.4 Å². The fourth-order valence-corrected chi connectivity index (χ4v) is 4.69. The lowest BCUT2D eigenvalue weighted by Crippen LogP contribution is -2.25. The molecule has 0 aliphatic rings. The number of nitrogens with zero attached hydrogens (tertiary/aromatic N) is 3. The Labute approximate surface area is 171 Å². The van der Waals surface area contributed by atoms with Gasteiger partial charge >= 0.3 is 0 Å². The number of fused-ring (bicyclic) bond motifs is 1. The number of amides is 1. The SMILES string of the molecule is O=C(CCSc1nnc2scc(-c3ccccc3)n12)NCCc1ccccc1. The van der Waals surface area contributed by atoms with E-state index in [-0.39, 0.29) is 5.91 Å². The Morgan fingerprint density at radius 2 is 1.79 bits per heavy atom. The van der Waals surface area contributed by atoms with Crippen molar-refractivity contribution in [2.75, 3.05) is 12.3 Å². The monoisotopic (exact) mass is 408 g/mol. The number of rotatable bonds is 8. The molecule has 0 unspecified atom stereocenters. The third-order valence-corrected chi connectivity index (χ3v) is 6.08. The largest absolute Gasteiger partial charge is 0.356 e. The van der Waals surface area contributed by atoms with Crippen molar-refractivity contribution >= 4 is 34.0 Å². The first-order valence-corrected chi connectivity index (χ1v) is 11.0. The van der Waals surface area contributed by atoms with Gasteiger partial charge < -0.3 is 5.32 Å². The van der Waals surface area contributed by atoms with Crippen LogP contribution in [0.3, 0.4) is 0 Å². The van der Waals surface area contributed by atoms with Crippen LogP contribution in [-0.4, -0.2) is 32.8 Å². The lowest BCUT2D eigenvalue weighted by atomic mass is 10.1. The van der Waals surface area contributed by atoms with Gasteiger partial charge in [-0.15, -0.1) is 21.5 Å². The quantitative estimate of drug-likeness (QED) is 0.442. The van der Waals surface area contributed by atoms with Gasteiger partial charge in [0.05, 0.1) is 5.69 Å². The molecule has 2 aromatic carbocycles.